The van der Waals surface area contributed by atoms with Crippen molar-refractivity contribution in [1.82, 2.24) is 0 Å². The van der Waals surface area contributed by atoms with Gasteiger partial charge < -0.3 is 10.8 Å². The predicted molar refractivity (Wildman–Crippen MR) is 46.2 cm³/mol. The lowest BCUT2D eigenvalue weighted by molar-refractivity contribution is 0.0896. The van der Waals surface area contributed by atoms with Gasteiger partial charge >= 0.3 is 0 Å². The third kappa shape index (κ3) is 2.46. The second-order valence-corrected chi connectivity index (χ2v) is 3.76. The lowest BCUT2D eigenvalue weighted by Gasteiger charge is -2.29. The van der Waals surface area contributed by atoms with Gasteiger partial charge in [0.1, 0.15) is 0 Å². The largest absolute Gasteiger partial charge is 0.393 e. The highest BCUT2D eigenvalue weighted by molar-refractivity contribution is 4.75. The molecule has 0 spiro atoms. The molecule has 1 aliphatic rings. The van der Waals surface area contributed by atoms with Crippen LogP contribution in [-0.2, 0) is 0 Å². The topological polar surface area (TPSA) is 46.2 Å². The number of hydrogen-bond donors (Lipinski definition) is 2. The molecule has 3 N–H and O–H groups in total. The molecule has 0 aromatic heterocycles. The molecule has 0 radical (unpaired) electrons. The number of nitrogens with two attached hydrogens (primary N) is 1. The molecule has 0 heterocycles. The lowest BCUT2D eigenvalue weighted by Crippen LogP contribution is -2.26. The van der Waals surface area contributed by atoms with E-state index in [1.54, 1.807) is 0 Å². The van der Waals surface area contributed by atoms with E-state index in [2.05, 4.69) is 0 Å². The van der Waals surface area contributed by atoms with Crippen LogP contribution in [0.25, 0.3) is 0 Å². The van der Waals surface area contributed by atoms with E-state index in [1.165, 1.54) is 25.7 Å². The Morgan fingerprint density at radius 3 is 2.27 bits per heavy atom. The van der Waals surface area contributed by atoms with Crippen LogP contribution in [-0.4, -0.2) is 17.8 Å². The Morgan fingerprint density at radius 1 is 1.36 bits per heavy atom. The number of hydrogen-bond acceptors (Lipinski definition) is 2. The summed E-state index contributed by atoms with van der Waals surface area (Å²) in [4.78, 5) is 0. The number of aliphatic hydroxyl groups is 1. The lowest BCUT2D eigenvalue weighted by atomic mass is 9.80. The van der Waals surface area contributed by atoms with Crippen LogP contribution in [0.4, 0.5) is 0 Å². The highest BCUT2D eigenvalue weighted by atomic mass is 16.3. The molecule has 1 fully saturated rings. The summed E-state index contributed by atoms with van der Waals surface area (Å²) in [5, 5.41) is 9.30. The van der Waals surface area contributed by atoms with Gasteiger partial charge in [-0.05, 0) is 51.0 Å². The third-order valence-corrected chi connectivity index (χ3v) is 2.91. The summed E-state index contributed by atoms with van der Waals surface area (Å²) in [5.74, 6) is 1.27. The van der Waals surface area contributed by atoms with Crippen molar-refractivity contribution in [3.63, 3.8) is 0 Å². The zero-order valence-corrected chi connectivity index (χ0v) is 7.29. The molecule has 1 atom stereocenters. The average molecular weight is 157 g/mol. The van der Waals surface area contributed by atoms with Crippen molar-refractivity contribution in [2.24, 2.45) is 17.6 Å². The van der Waals surface area contributed by atoms with Crippen molar-refractivity contribution in [2.45, 2.75) is 38.7 Å². The molecule has 0 aromatic rings. The van der Waals surface area contributed by atoms with E-state index in [0.717, 1.165) is 12.5 Å². The van der Waals surface area contributed by atoms with E-state index < -0.39 is 0 Å². The Balaban J connectivity index is 2.24. The maximum Gasteiger partial charge on any atom is 0.0540 e. The first-order valence-electron chi connectivity index (χ1n) is 4.62. The molecule has 1 aliphatic carbocycles. The zero-order valence-electron chi connectivity index (χ0n) is 7.29. The minimum atomic E-state index is -0.117. The van der Waals surface area contributed by atoms with Gasteiger partial charge in [-0.1, -0.05) is 0 Å². The quantitative estimate of drug-likeness (QED) is 0.631. The van der Waals surface area contributed by atoms with Crippen molar-refractivity contribution < 1.29 is 5.11 Å². The third-order valence-electron chi connectivity index (χ3n) is 2.91. The molecule has 0 bridgehead atoms. The second-order valence-electron chi connectivity index (χ2n) is 3.76. The Labute approximate surface area is 68.8 Å². The molecule has 1 rings (SSSR count). The molecule has 0 amide bonds. The van der Waals surface area contributed by atoms with Crippen molar-refractivity contribution in [1.29, 1.82) is 0 Å². The van der Waals surface area contributed by atoms with Crippen LogP contribution in [0.5, 0.6) is 0 Å². The number of rotatable bonds is 2. The van der Waals surface area contributed by atoms with E-state index in [0.29, 0.717) is 5.92 Å². The van der Waals surface area contributed by atoms with Crippen LogP contribution in [0.15, 0.2) is 0 Å². The fourth-order valence-electron chi connectivity index (χ4n) is 1.91. The maximum atomic E-state index is 9.30. The Kier molecular flexibility index (Phi) is 3.34. The molecule has 0 aliphatic heterocycles. The van der Waals surface area contributed by atoms with E-state index in [1.807, 2.05) is 6.92 Å². The summed E-state index contributed by atoms with van der Waals surface area (Å²) in [6.45, 7) is 2.72. The smallest absolute Gasteiger partial charge is 0.0540 e. The Morgan fingerprint density at radius 2 is 1.91 bits per heavy atom. The SMILES string of the molecule is CC(O)C1CCC(CN)CC1. The fraction of sp³-hybridized carbons (Fsp3) is 1.00. The van der Waals surface area contributed by atoms with Crippen LogP contribution >= 0.6 is 0 Å². The van der Waals surface area contributed by atoms with Gasteiger partial charge in [0.2, 0.25) is 0 Å². The molecule has 0 saturated heterocycles. The van der Waals surface area contributed by atoms with Gasteiger partial charge in [0.25, 0.3) is 0 Å². The first kappa shape index (κ1) is 9.01. The molecule has 66 valence electrons. The van der Waals surface area contributed by atoms with Crippen molar-refractivity contribution in [3.05, 3.63) is 0 Å². The summed E-state index contributed by atoms with van der Waals surface area (Å²) >= 11 is 0. The summed E-state index contributed by atoms with van der Waals surface area (Å²) in [6, 6.07) is 0. The van der Waals surface area contributed by atoms with Crippen LogP contribution < -0.4 is 5.73 Å². The predicted octanol–water partition coefficient (Wildman–Crippen LogP) is 1.13. The van der Waals surface area contributed by atoms with Gasteiger partial charge in [-0.25, -0.2) is 0 Å². The second kappa shape index (κ2) is 4.07. The molecule has 11 heavy (non-hydrogen) atoms. The van der Waals surface area contributed by atoms with Crippen molar-refractivity contribution >= 4 is 0 Å². The normalized spacial score (nSPS) is 35.2. The first-order valence-corrected chi connectivity index (χ1v) is 4.62. The van der Waals surface area contributed by atoms with E-state index in [4.69, 9.17) is 5.73 Å². The Hall–Kier alpha value is -0.0800. The Bertz CT molecular complexity index is 106. The van der Waals surface area contributed by atoms with Crippen LogP contribution in [0.2, 0.25) is 0 Å². The summed E-state index contributed by atoms with van der Waals surface area (Å²) < 4.78 is 0. The fourth-order valence-corrected chi connectivity index (χ4v) is 1.91. The summed E-state index contributed by atoms with van der Waals surface area (Å²) in [7, 11) is 0. The van der Waals surface area contributed by atoms with Crippen molar-refractivity contribution in [2.75, 3.05) is 6.54 Å². The van der Waals surface area contributed by atoms with Gasteiger partial charge in [0.05, 0.1) is 6.10 Å². The molecule has 1 saturated carbocycles. The summed E-state index contributed by atoms with van der Waals surface area (Å²) in [5.41, 5.74) is 5.56. The minimum Gasteiger partial charge on any atom is -0.393 e. The highest BCUT2D eigenvalue weighted by Gasteiger charge is 2.22. The highest BCUT2D eigenvalue weighted by Crippen LogP contribution is 2.29. The monoisotopic (exact) mass is 157 g/mol. The number of aliphatic hydroxyl groups excluding tert-OH is 1. The van der Waals surface area contributed by atoms with Gasteiger partial charge in [0, 0.05) is 0 Å². The van der Waals surface area contributed by atoms with Crippen LogP contribution in [0.1, 0.15) is 32.6 Å². The van der Waals surface area contributed by atoms with Gasteiger partial charge in [-0.2, -0.15) is 0 Å². The average Bonchev–Trinajstić information content (AvgIpc) is 2.05. The van der Waals surface area contributed by atoms with Gasteiger partial charge in [0.15, 0.2) is 0 Å². The molecule has 2 heteroatoms. The maximum absolute atomic E-state index is 9.30. The molecular formula is C9H19NO. The van der Waals surface area contributed by atoms with Gasteiger partial charge in [-0.15, -0.1) is 0 Å². The molecular weight excluding hydrogens is 138 g/mol. The van der Waals surface area contributed by atoms with Crippen LogP contribution in [0.3, 0.4) is 0 Å². The summed E-state index contributed by atoms with van der Waals surface area (Å²) in [6.07, 6.45) is 4.64. The van der Waals surface area contributed by atoms with E-state index >= 15 is 0 Å². The zero-order chi connectivity index (χ0) is 8.27. The van der Waals surface area contributed by atoms with E-state index in [9.17, 15) is 5.11 Å². The minimum absolute atomic E-state index is 0.117. The molecule has 0 aromatic carbocycles. The van der Waals surface area contributed by atoms with Crippen molar-refractivity contribution in [3.8, 4) is 0 Å². The van der Waals surface area contributed by atoms with Gasteiger partial charge in [-0.3, -0.25) is 0 Å². The van der Waals surface area contributed by atoms with E-state index in [-0.39, 0.29) is 6.10 Å². The molecule has 2 nitrogen and oxygen atoms in total. The standard InChI is InChI=1S/C9H19NO/c1-7(11)9-4-2-8(6-10)3-5-9/h7-9,11H,2-6,10H2,1H3. The molecule has 1 unspecified atom stereocenters. The van der Waals surface area contributed by atoms with Crippen LogP contribution in [0, 0.1) is 11.8 Å². The first-order chi connectivity index (χ1) is 5.24.